The molecule has 1 amide bonds. The van der Waals surface area contributed by atoms with Gasteiger partial charge < -0.3 is 10.1 Å². The zero-order valence-electron chi connectivity index (χ0n) is 14.6. The fourth-order valence-corrected chi connectivity index (χ4v) is 2.57. The number of aromatic nitrogens is 2. The molecule has 0 saturated heterocycles. The zero-order chi connectivity index (χ0) is 18.6. The number of amides is 1. The van der Waals surface area contributed by atoms with Gasteiger partial charge in [-0.1, -0.05) is 60.1 Å². The van der Waals surface area contributed by atoms with Crippen molar-refractivity contribution >= 4 is 17.5 Å². The van der Waals surface area contributed by atoms with E-state index in [1.165, 1.54) is 0 Å². The lowest BCUT2D eigenvalue weighted by Gasteiger charge is -2.24. The second kappa shape index (κ2) is 7.62. The minimum atomic E-state index is -1.12. The van der Waals surface area contributed by atoms with Crippen LogP contribution in [0.1, 0.15) is 19.4 Å². The summed E-state index contributed by atoms with van der Waals surface area (Å²) in [5.41, 5.74) is 0.757. The zero-order valence-corrected chi connectivity index (χ0v) is 15.4. The fourth-order valence-electron chi connectivity index (χ4n) is 2.40. The molecule has 1 N–H and O–H groups in total. The van der Waals surface area contributed by atoms with E-state index in [0.717, 1.165) is 11.3 Å². The Labute approximate surface area is 157 Å². The van der Waals surface area contributed by atoms with E-state index in [1.807, 2.05) is 60.7 Å². The highest BCUT2D eigenvalue weighted by Crippen LogP contribution is 2.27. The van der Waals surface area contributed by atoms with E-state index in [-0.39, 0.29) is 11.8 Å². The van der Waals surface area contributed by atoms with Gasteiger partial charge in [0.2, 0.25) is 0 Å². The van der Waals surface area contributed by atoms with Crippen molar-refractivity contribution in [2.45, 2.75) is 26.0 Å². The first-order chi connectivity index (χ1) is 12.5. The Hall–Kier alpha value is -2.79. The van der Waals surface area contributed by atoms with E-state index in [9.17, 15) is 4.79 Å². The molecule has 134 valence electrons. The molecule has 0 saturated carbocycles. The standard InChI is InChI=1S/C20H20ClN3O2/c1-20(2,19(25)22-13-15-9-5-3-6-10-15)26-18-17(21)14-24(23-18)16-11-7-4-8-12-16/h3-12,14H,13H2,1-2H3,(H,22,25). The number of carbonyl (C=O) groups is 1. The Kier molecular flexibility index (Phi) is 5.28. The molecule has 26 heavy (non-hydrogen) atoms. The molecule has 1 heterocycles. The van der Waals surface area contributed by atoms with E-state index >= 15 is 0 Å². The quantitative estimate of drug-likeness (QED) is 0.714. The number of halogens is 1. The van der Waals surface area contributed by atoms with Crippen LogP contribution in [0.3, 0.4) is 0 Å². The molecule has 3 aromatic rings. The minimum absolute atomic E-state index is 0.218. The highest BCUT2D eigenvalue weighted by Gasteiger charge is 2.31. The van der Waals surface area contributed by atoms with Crippen molar-refractivity contribution in [1.82, 2.24) is 15.1 Å². The predicted octanol–water partition coefficient (Wildman–Crippen LogP) is 4.00. The maximum Gasteiger partial charge on any atom is 0.263 e. The Balaban J connectivity index is 1.69. The highest BCUT2D eigenvalue weighted by molar-refractivity contribution is 6.31. The van der Waals surface area contributed by atoms with Gasteiger partial charge in [-0.2, -0.15) is 0 Å². The maximum atomic E-state index is 12.5. The monoisotopic (exact) mass is 369 g/mol. The summed E-state index contributed by atoms with van der Waals surface area (Å²) in [5.74, 6) is -0.0259. The van der Waals surface area contributed by atoms with Gasteiger partial charge in [-0.25, -0.2) is 4.68 Å². The van der Waals surface area contributed by atoms with Gasteiger partial charge in [0.15, 0.2) is 5.60 Å². The fraction of sp³-hybridized carbons (Fsp3) is 0.200. The van der Waals surface area contributed by atoms with Crippen LogP contribution in [-0.2, 0) is 11.3 Å². The van der Waals surface area contributed by atoms with E-state index < -0.39 is 5.60 Å². The number of para-hydroxylation sites is 1. The Bertz CT molecular complexity index is 877. The summed E-state index contributed by atoms with van der Waals surface area (Å²) >= 11 is 6.24. The molecule has 5 nitrogen and oxygen atoms in total. The number of nitrogens with zero attached hydrogens (tertiary/aromatic N) is 2. The first kappa shape index (κ1) is 18.0. The van der Waals surface area contributed by atoms with Gasteiger partial charge in [0.25, 0.3) is 11.8 Å². The summed E-state index contributed by atoms with van der Waals surface area (Å²) in [5, 5.41) is 7.57. The molecule has 3 rings (SSSR count). The van der Waals surface area contributed by atoms with Gasteiger partial charge in [0, 0.05) is 6.54 Å². The summed E-state index contributed by atoms with van der Waals surface area (Å²) in [4.78, 5) is 12.5. The van der Waals surface area contributed by atoms with Crippen LogP contribution in [0.4, 0.5) is 0 Å². The van der Waals surface area contributed by atoms with Gasteiger partial charge in [0.1, 0.15) is 5.02 Å². The molecule has 0 spiro atoms. The Morgan fingerprint density at radius 1 is 1.12 bits per heavy atom. The van der Waals surface area contributed by atoms with Crippen molar-refractivity contribution in [3.8, 4) is 11.6 Å². The summed E-state index contributed by atoms with van der Waals surface area (Å²) in [7, 11) is 0. The van der Waals surface area contributed by atoms with E-state index in [0.29, 0.717) is 11.6 Å². The molecule has 0 bridgehead atoms. The first-order valence-electron chi connectivity index (χ1n) is 8.27. The summed E-state index contributed by atoms with van der Waals surface area (Å²) in [6.45, 7) is 3.80. The maximum absolute atomic E-state index is 12.5. The Morgan fingerprint density at radius 3 is 2.38 bits per heavy atom. The third-order valence-corrected chi connectivity index (χ3v) is 4.11. The lowest BCUT2D eigenvalue weighted by Crippen LogP contribution is -2.46. The number of carbonyl (C=O) groups excluding carboxylic acids is 1. The van der Waals surface area contributed by atoms with Crippen molar-refractivity contribution in [1.29, 1.82) is 0 Å². The molecule has 0 unspecified atom stereocenters. The SMILES string of the molecule is CC(C)(Oc1nn(-c2ccccc2)cc1Cl)C(=O)NCc1ccccc1. The molecule has 0 radical (unpaired) electrons. The number of nitrogens with one attached hydrogen (secondary N) is 1. The van der Waals surface area contributed by atoms with E-state index in [4.69, 9.17) is 16.3 Å². The molecule has 0 aliphatic carbocycles. The largest absolute Gasteiger partial charge is 0.459 e. The molecular formula is C20H20ClN3O2. The van der Waals surface area contributed by atoms with Crippen LogP contribution in [0, 0.1) is 0 Å². The van der Waals surface area contributed by atoms with Crippen LogP contribution < -0.4 is 10.1 Å². The van der Waals surface area contributed by atoms with Crippen molar-refractivity contribution in [2.24, 2.45) is 0 Å². The third kappa shape index (κ3) is 4.24. The van der Waals surface area contributed by atoms with Crippen LogP contribution in [0.15, 0.2) is 66.9 Å². The van der Waals surface area contributed by atoms with Gasteiger partial charge in [-0.05, 0) is 31.5 Å². The number of rotatable bonds is 6. The van der Waals surface area contributed by atoms with Gasteiger partial charge in [-0.3, -0.25) is 4.79 Å². The normalized spacial score (nSPS) is 11.2. The summed E-state index contributed by atoms with van der Waals surface area (Å²) < 4.78 is 7.43. The number of ether oxygens (including phenoxy) is 1. The molecule has 2 aromatic carbocycles. The number of benzene rings is 2. The van der Waals surface area contributed by atoms with Crippen LogP contribution in [0.5, 0.6) is 5.88 Å². The molecule has 0 fully saturated rings. The van der Waals surface area contributed by atoms with Crippen molar-refractivity contribution in [3.05, 3.63) is 77.4 Å². The van der Waals surface area contributed by atoms with Gasteiger partial charge in [-0.15, -0.1) is 5.10 Å². The van der Waals surface area contributed by atoms with Crippen molar-refractivity contribution in [2.75, 3.05) is 0 Å². The van der Waals surface area contributed by atoms with E-state index in [1.54, 1.807) is 24.7 Å². The topological polar surface area (TPSA) is 56.2 Å². The van der Waals surface area contributed by atoms with Gasteiger partial charge in [0.05, 0.1) is 11.9 Å². The molecule has 1 aromatic heterocycles. The lowest BCUT2D eigenvalue weighted by molar-refractivity contribution is -0.134. The van der Waals surface area contributed by atoms with Crippen LogP contribution >= 0.6 is 11.6 Å². The smallest absolute Gasteiger partial charge is 0.263 e. The summed E-state index contributed by atoms with van der Waals surface area (Å²) in [6, 6.07) is 19.3. The first-order valence-corrected chi connectivity index (χ1v) is 8.65. The van der Waals surface area contributed by atoms with Crippen LogP contribution in [-0.4, -0.2) is 21.3 Å². The lowest BCUT2D eigenvalue weighted by atomic mass is 10.1. The molecule has 0 aliphatic heterocycles. The minimum Gasteiger partial charge on any atom is -0.459 e. The molecule has 6 heteroatoms. The predicted molar refractivity (Wildman–Crippen MR) is 102 cm³/mol. The number of hydrogen-bond acceptors (Lipinski definition) is 3. The third-order valence-electron chi connectivity index (χ3n) is 3.85. The molecule has 0 aliphatic rings. The van der Waals surface area contributed by atoms with Crippen LogP contribution in [0.2, 0.25) is 5.02 Å². The van der Waals surface area contributed by atoms with Crippen molar-refractivity contribution in [3.63, 3.8) is 0 Å². The van der Waals surface area contributed by atoms with E-state index in [2.05, 4.69) is 10.4 Å². The van der Waals surface area contributed by atoms with Gasteiger partial charge >= 0.3 is 0 Å². The molecular weight excluding hydrogens is 350 g/mol. The second-order valence-corrected chi connectivity index (χ2v) is 6.75. The second-order valence-electron chi connectivity index (χ2n) is 6.34. The Morgan fingerprint density at radius 2 is 1.73 bits per heavy atom. The number of hydrogen-bond donors (Lipinski definition) is 1. The van der Waals surface area contributed by atoms with Crippen LogP contribution in [0.25, 0.3) is 5.69 Å². The average Bonchev–Trinajstić information content (AvgIpc) is 3.01. The molecule has 0 atom stereocenters. The van der Waals surface area contributed by atoms with Crippen molar-refractivity contribution < 1.29 is 9.53 Å². The average molecular weight is 370 g/mol. The summed E-state index contributed by atoms with van der Waals surface area (Å²) in [6.07, 6.45) is 1.66. The highest BCUT2D eigenvalue weighted by atomic mass is 35.5.